The van der Waals surface area contributed by atoms with Crippen LogP contribution in [0.1, 0.15) is 110 Å². The van der Waals surface area contributed by atoms with Crippen LogP contribution in [0.2, 0.25) is 0 Å². The molecule has 18 heteroatoms. The van der Waals surface area contributed by atoms with Crippen LogP contribution in [-0.2, 0) is 30.2 Å². The van der Waals surface area contributed by atoms with Crippen LogP contribution in [0.25, 0.3) is 21.5 Å². The van der Waals surface area contributed by atoms with Crippen LogP contribution in [-0.4, -0.2) is 85.2 Å². The van der Waals surface area contributed by atoms with E-state index in [1.165, 1.54) is 44.6 Å². The van der Waals surface area contributed by atoms with Gasteiger partial charge < -0.3 is 31.0 Å². The van der Waals surface area contributed by atoms with Crippen molar-refractivity contribution in [3.8, 4) is 0 Å². The Balaban J connectivity index is 0.991. The van der Waals surface area contributed by atoms with E-state index in [9.17, 15) is 19.7 Å². The van der Waals surface area contributed by atoms with E-state index < -0.39 is 10.8 Å². The van der Waals surface area contributed by atoms with Gasteiger partial charge in [-0.2, -0.15) is 0 Å². The summed E-state index contributed by atoms with van der Waals surface area (Å²) in [4.78, 5) is 44.6. The van der Waals surface area contributed by atoms with E-state index in [4.69, 9.17) is 35.8 Å². The van der Waals surface area contributed by atoms with Gasteiger partial charge in [-0.15, -0.1) is 0 Å². The van der Waals surface area contributed by atoms with Crippen LogP contribution in [0, 0.1) is 62.4 Å². The van der Waals surface area contributed by atoms with E-state index in [1.54, 1.807) is 6.07 Å². The van der Waals surface area contributed by atoms with Crippen LogP contribution in [0.3, 0.4) is 0 Å². The molecule has 336 valence electrons. The number of ether oxygens (including phenoxy) is 3. The molecule has 4 unspecified atom stereocenters. The number of hydrogen-bond acceptors (Lipinski definition) is 12. The van der Waals surface area contributed by atoms with Gasteiger partial charge in [0.25, 0.3) is 0 Å². The second kappa shape index (κ2) is 21.0. The van der Waals surface area contributed by atoms with Gasteiger partial charge in [0.15, 0.2) is 5.96 Å². The first-order valence-corrected chi connectivity index (χ1v) is 22.4. The summed E-state index contributed by atoms with van der Waals surface area (Å²) in [5, 5.41) is 26.2. The molecule has 4 saturated carbocycles. The number of esters is 1. The Morgan fingerprint density at radius 3 is 2.49 bits per heavy atom. The molecule has 0 bridgehead atoms. The lowest BCUT2D eigenvalue weighted by Crippen LogP contribution is -2.56. The van der Waals surface area contributed by atoms with Crippen molar-refractivity contribution >= 4 is 34.6 Å². The summed E-state index contributed by atoms with van der Waals surface area (Å²) in [6, 6.07) is 3.12. The normalized spacial score (nSPS) is 29.0. The summed E-state index contributed by atoms with van der Waals surface area (Å²) < 4.78 is 21.2. The first-order valence-electron chi connectivity index (χ1n) is 22.4. The SMILES string of the molecule is C[C@H](CCC(=O)OCCOCCOCCN=[N+]=[N-])C1CCC2C3CC[C@@H]4C[C@H](NC(=O)[C@H](CCCN=C(N)N)Cc5ccc([N+](=O)[O-])c6nonc56)CC[C@]4(C)C3CC[C@@]21C. The van der Waals surface area contributed by atoms with Crippen molar-refractivity contribution in [2.45, 2.75) is 117 Å². The number of carbonyl (C=O) groups is 2. The molecule has 1 aromatic heterocycles. The van der Waals surface area contributed by atoms with Crippen molar-refractivity contribution < 1.29 is 33.4 Å². The number of amides is 1. The summed E-state index contributed by atoms with van der Waals surface area (Å²) in [6.07, 6.45) is 13.1. The molecule has 0 saturated heterocycles. The van der Waals surface area contributed by atoms with Gasteiger partial charge in [-0.05, 0) is 157 Å². The summed E-state index contributed by atoms with van der Waals surface area (Å²) in [6.45, 7) is 9.80. The summed E-state index contributed by atoms with van der Waals surface area (Å²) in [7, 11) is 0. The molecule has 1 heterocycles. The molecule has 18 nitrogen and oxygen atoms in total. The van der Waals surface area contributed by atoms with Gasteiger partial charge in [0, 0.05) is 42.4 Å². The first kappa shape index (κ1) is 46.0. The van der Waals surface area contributed by atoms with Crippen molar-refractivity contribution in [1.29, 1.82) is 0 Å². The van der Waals surface area contributed by atoms with Crippen molar-refractivity contribution in [3.05, 3.63) is 38.3 Å². The molecule has 0 spiro atoms. The molecular formula is C43H66N10O8. The maximum Gasteiger partial charge on any atom is 0.305 e. The quantitative estimate of drug-likeness (QED) is 0.0127. The molecule has 4 aliphatic carbocycles. The molecule has 1 aromatic carbocycles. The van der Waals surface area contributed by atoms with Crippen molar-refractivity contribution in [1.82, 2.24) is 15.6 Å². The fraction of sp³-hybridized carbons (Fsp3) is 0.791. The van der Waals surface area contributed by atoms with Gasteiger partial charge in [0.1, 0.15) is 12.1 Å². The Kier molecular flexibility index (Phi) is 15.8. The zero-order chi connectivity index (χ0) is 43.6. The number of nitrogens with two attached hydrogens (primary N) is 2. The number of nitrogens with zero attached hydrogens (tertiary/aromatic N) is 7. The van der Waals surface area contributed by atoms with Crippen LogP contribution in [0.4, 0.5) is 5.69 Å². The molecule has 61 heavy (non-hydrogen) atoms. The minimum absolute atomic E-state index is 0.00614. The topological polar surface area (TPSA) is 269 Å². The number of benzene rings is 1. The Labute approximate surface area is 357 Å². The van der Waals surface area contributed by atoms with E-state index in [1.807, 2.05) is 0 Å². The highest BCUT2D eigenvalue weighted by Gasteiger charge is 2.60. The van der Waals surface area contributed by atoms with Gasteiger partial charge in [0.05, 0.1) is 31.4 Å². The average Bonchev–Trinajstić information content (AvgIpc) is 3.87. The van der Waals surface area contributed by atoms with Crippen molar-refractivity contribution in [3.63, 3.8) is 0 Å². The fourth-order valence-corrected chi connectivity index (χ4v) is 12.3. The molecule has 10 atom stereocenters. The maximum absolute atomic E-state index is 14.1. The average molecular weight is 851 g/mol. The number of nitro benzene ring substituents is 1. The number of nitro groups is 1. The number of aliphatic imine (C=N–C) groups is 1. The lowest BCUT2D eigenvalue weighted by Gasteiger charge is -2.61. The highest BCUT2D eigenvalue weighted by molar-refractivity contribution is 5.87. The Morgan fingerprint density at radius 2 is 1.72 bits per heavy atom. The zero-order valence-electron chi connectivity index (χ0n) is 36.2. The second-order valence-electron chi connectivity index (χ2n) is 18.6. The van der Waals surface area contributed by atoms with E-state index in [0.717, 1.165) is 25.7 Å². The summed E-state index contributed by atoms with van der Waals surface area (Å²) in [5.74, 6) is 3.06. The number of azide groups is 1. The lowest BCUT2D eigenvalue weighted by molar-refractivity contribution is -0.383. The number of rotatable bonds is 22. The van der Waals surface area contributed by atoms with Crippen molar-refractivity contribution in [2.75, 3.05) is 46.1 Å². The van der Waals surface area contributed by atoms with Gasteiger partial charge in [-0.25, -0.2) is 4.63 Å². The van der Waals surface area contributed by atoms with Crippen LogP contribution < -0.4 is 16.8 Å². The van der Waals surface area contributed by atoms with E-state index >= 15 is 0 Å². The van der Waals surface area contributed by atoms with Crippen LogP contribution in [0.15, 0.2) is 26.9 Å². The number of fused-ring (bicyclic) bond motifs is 6. The predicted molar refractivity (Wildman–Crippen MR) is 228 cm³/mol. The van der Waals surface area contributed by atoms with E-state index in [-0.39, 0.29) is 52.5 Å². The molecule has 4 fully saturated rings. The monoisotopic (exact) mass is 851 g/mol. The molecule has 0 aliphatic heterocycles. The van der Waals surface area contributed by atoms with E-state index in [2.05, 4.69) is 51.4 Å². The summed E-state index contributed by atoms with van der Waals surface area (Å²) >= 11 is 0. The largest absolute Gasteiger partial charge is 0.463 e. The number of nitrogens with one attached hydrogen (secondary N) is 1. The van der Waals surface area contributed by atoms with Crippen LogP contribution in [0.5, 0.6) is 0 Å². The number of guanidine groups is 1. The molecule has 6 rings (SSSR count). The minimum atomic E-state index is -0.512. The van der Waals surface area contributed by atoms with Gasteiger partial charge in [0.2, 0.25) is 11.4 Å². The third-order valence-corrected chi connectivity index (χ3v) is 15.4. The third-order valence-electron chi connectivity index (χ3n) is 15.4. The molecule has 5 N–H and O–H groups in total. The summed E-state index contributed by atoms with van der Waals surface area (Å²) in [5.41, 5.74) is 20.8. The standard InChI is InChI=1S/C43H66N10O8/c1-27(6-13-37(54)60-24-23-59-22-21-58-20-19-48-52-46)33-10-11-34-32-9-8-30-26-31(14-16-42(30,2)35(32)15-17-43(33,34)3)49-40(55)29(5-4-18-47-41(44)45)25-28-7-12-36(53(56)57)39-38(28)50-61-51-39/h7,12,27,29-35H,4-6,8-11,13-26H2,1-3H3,(H,49,55)(H4,44,45,47)/t27-,29-,30-,31-,32?,33?,34?,35?,42+,43-/m1/s1. The highest BCUT2D eigenvalue weighted by Crippen LogP contribution is 2.68. The number of hydrogen-bond donors (Lipinski definition) is 3. The van der Waals surface area contributed by atoms with E-state index in [0.29, 0.717) is 112 Å². The van der Waals surface area contributed by atoms with Crippen molar-refractivity contribution in [2.24, 2.45) is 73.8 Å². The van der Waals surface area contributed by atoms with Crippen LogP contribution >= 0.6 is 0 Å². The maximum atomic E-state index is 14.1. The lowest BCUT2D eigenvalue weighted by atomic mass is 9.44. The molecule has 2 aromatic rings. The number of non-ortho nitro benzene ring substituents is 1. The third kappa shape index (κ3) is 10.9. The Hall–Kier alpha value is -4.54. The zero-order valence-corrected chi connectivity index (χ0v) is 36.2. The highest BCUT2D eigenvalue weighted by atomic mass is 16.6. The smallest absolute Gasteiger partial charge is 0.305 e. The molecule has 1 amide bonds. The fourth-order valence-electron chi connectivity index (χ4n) is 12.3. The predicted octanol–water partition coefficient (Wildman–Crippen LogP) is 6.79. The second-order valence-corrected chi connectivity index (χ2v) is 18.6. The first-order chi connectivity index (χ1) is 29.4. The minimum Gasteiger partial charge on any atom is -0.463 e. The number of carbonyl (C=O) groups excluding carboxylic acids is 2. The Morgan fingerprint density at radius 1 is 0.984 bits per heavy atom. The van der Waals surface area contributed by atoms with Gasteiger partial charge in [-0.1, -0.05) is 25.9 Å². The Bertz CT molecular complexity index is 1900. The number of aromatic nitrogens is 2. The molecular weight excluding hydrogens is 785 g/mol. The van der Waals surface area contributed by atoms with Gasteiger partial charge >= 0.3 is 11.7 Å². The molecule has 4 aliphatic rings. The van der Waals surface area contributed by atoms with Gasteiger partial charge in [-0.3, -0.25) is 24.7 Å². The molecule has 0 radical (unpaired) electrons.